The first-order valence-electron chi connectivity index (χ1n) is 9.88. The topological polar surface area (TPSA) is 89.9 Å². The van der Waals surface area contributed by atoms with Crippen molar-refractivity contribution >= 4 is 45.6 Å². The van der Waals surface area contributed by atoms with Crippen molar-refractivity contribution in [1.82, 2.24) is 20.5 Å². The minimum absolute atomic E-state index is 0. The SMILES string of the molecule is CCNC(=NCc1ccc(N2CCN(C)CC2)nc1)NC(C)CCS(C)(=O)=O.I. The standard InChI is InChI=1S/C19H34N6O2S.HI/c1-5-20-19(23-16(2)8-13-28(4,26)27)22-15-17-6-7-18(21-14-17)25-11-9-24(3)10-12-25;/h6-7,14,16H,5,8-13,15H2,1-4H3,(H2,20,22,23);1H. The molecule has 1 unspecified atom stereocenters. The van der Waals surface area contributed by atoms with Crippen LogP contribution < -0.4 is 15.5 Å². The van der Waals surface area contributed by atoms with Crippen molar-refractivity contribution in [3.8, 4) is 0 Å². The summed E-state index contributed by atoms with van der Waals surface area (Å²) >= 11 is 0. The maximum Gasteiger partial charge on any atom is 0.191 e. The first kappa shape index (κ1) is 25.9. The smallest absolute Gasteiger partial charge is 0.191 e. The highest BCUT2D eigenvalue weighted by atomic mass is 127. The Labute approximate surface area is 192 Å². The van der Waals surface area contributed by atoms with Gasteiger partial charge in [0.1, 0.15) is 15.7 Å². The van der Waals surface area contributed by atoms with Crippen molar-refractivity contribution in [2.24, 2.45) is 4.99 Å². The first-order valence-corrected chi connectivity index (χ1v) is 11.9. The minimum Gasteiger partial charge on any atom is -0.357 e. The third-order valence-corrected chi connectivity index (χ3v) is 5.68. The summed E-state index contributed by atoms with van der Waals surface area (Å²) in [7, 11) is -0.812. The molecule has 166 valence electrons. The number of likely N-dealkylation sites (N-methyl/N-ethyl adjacent to an activating group) is 1. The van der Waals surface area contributed by atoms with Crippen LogP contribution in [-0.4, -0.2) is 82.1 Å². The molecule has 0 aromatic carbocycles. The van der Waals surface area contributed by atoms with Crippen molar-refractivity contribution in [3.63, 3.8) is 0 Å². The van der Waals surface area contributed by atoms with E-state index in [4.69, 9.17) is 0 Å². The third kappa shape index (κ3) is 9.94. The van der Waals surface area contributed by atoms with Crippen LogP contribution in [0.15, 0.2) is 23.3 Å². The molecule has 1 fully saturated rings. The van der Waals surface area contributed by atoms with Gasteiger partial charge in [0.15, 0.2) is 5.96 Å². The number of anilines is 1. The van der Waals surface area contributed by atoms with Crippen molar-refractivity contribution < 1.29 is 8.42 Å². The number of sulfone groups is 1. The van der Waals surface area contributed by atoms with Gasteiger partial charge in [-0.25, -0.2) is 18.4 Å². The van der Waals surface area contributed by atoms with Gasteiger partial charge in [0.05, 0.1) is 12.3 Å². The summed E-state index contributed by atoms with van der Waals surface area (Å²) in [6.07, 6.45) is 3.69. The Morgan fingerprint density at radius 1 is 1.28 bits per heavy atom. The summed E-state index contributed by atoms with van der Waals surface area (Å²) < 4.78 is 22.7. The lowest BCUT2D eigenvalue weighted by molar-refractivity contribution is 0.312. The summed E-state index contributed by atoms with van der Waals surface area (Å²) in [5, 5.41) is 6.47. The summed E-state index contributed by atoms with van der Waals surface area (Å²) in [6, 6.07) is 4.15. The molecule has 0 radical (unpaired) electrons. The number of guanidine groups is 1. The van der Waals surface area contributed by atoms with E-state index in [9.17, 15) is 8.42 Å². The lowest BCUT2D eigenvalue weighted by atomic mass is 10.2. The van der Waals surface area contributed by atoms with E-state index in [0.29, 0.717) is 18.9 Å². The molecule has 29 heavy (non-hydrogen) atoms. The molecule has 1 aliphatic rings. The average Bonchev–Trinajstić information content (AvgIpc) is 2.65. The van der Waals surface area contributed by atoms with E-state index in [2.05, 4.69) is 49.6 Å². The molecule has 1 aromatic heterocycles. The monoisotopic (exact) mass is 538 g/mol. The van der Waals surface area contributed by atoms with Crippen LogP contribution in [0.3, 0.4) is 0 Å². The van der Waals surface area contributed by atoms with Crippen molar-refractivity contribution in [3.05, 3.63) is 23.9 Å². The van der Waals surface area contributed by atoms with E-state index in [1.54, 1.807) is 0 Å². The fourth-order valence-electron chi connectivity index (χ4n) is 2.92. The number of rotatable bonds is 8. The van der Waals surface area contributed by atoms with Gasteiger partial charge in [0.2, 0.25) is 0 Å². The molecule has 0 spiro atoms. The number of halogens is 1. The largest absolute Gasteiger partial charge is 0.357 e. The number of nitrogens with one attached hydrogen (secondary N) is 2. The fourth-order valence-corrected chi connectivity index (χ4v) is 3.70. The molecule has 10 heteroatoms. The van der Waals surface area contributed by atoms with Gasteiger partial charge in [0.25, 0.3) is 0 Å². The highest BCUT2D eigenvalue weighted by molar-refractivity contribution is 14.0. The fraction of sp³-hybridized carbons (Fsp3) is 0.684. The van der Waals surface area contributed by atoms with E-state index < -0.39 is 9.84 Å². The Kier molecular flexibility index (Phi) is 11.2. The lowest BCUT2D eigenvalue weighted by Crippen LogP contribution is -2.44. The summed E-state index contributed by atoms with van der Waals surface area (Å²) in [6.45, 7) is 9.35. The Bertz CT molecular complexity index is 734. The van der Waals surface area contributed by atoms with Crippen LogP contribution in [0.25, 0.3) is 0 Å². The zero-order chi connectivity index (χ0) is 20.6. The van der Waals surface area contributed by atoms with Gasteiger partial charge >= 0.3 is 0 Å². The van der Waals surface area contributed by atoms with Gasteiger partial charge in [-0.2, -0.15) is 0 Å². The molecule has 0 amide bonds. The van der Waals surface area contributed by atoms with E-state index in [0.717, 1.165) is 44.1 Å². The molecular formula is C19H35IN6O2S. The van der Waals surface area contributed by atoms with E-state index >= 15 is 0 Å². The second-order valence-electron chi connectivity index (χ2n) is 7.47. The predicted octanol–water partition coefficient (Wildman–Crippen LogP) is 1.33. The Balaban J connectivity index is 0.00000420. The summed E-state index contributed by atoms with van der Waals surface area (Å²) in [4.78, 5) is 13.8. The van der Waals surface area contributed by atoms with Crippen LogP contribution in [0.4, 0.5) is 5.82 Å². The number of aliphatic imine (C=N–C) groups is 1. The number of hydrogen-bond acceptors (Lipinski definition) is 6. The van der Waals surface area contributed by atoms with Crippen LogP contribution >= 0.6 is 24.0 Å². The van der Waals surface area contributed by atoms with Crippen molar-refractivity contribution in [2.45, 2.75) is 32.9 Å². The van der Waals surface area contributed by atoms with E-state index in [1.165, 1.54) is 6.26 Å². The van der Waals surface area contributed by atoms with Crippen LogP contribution in [-0.2, 0) is 16.4 Å². The van der Waals surface area contributed by atoms with Gasteiger partial charge in [0, 0.05) is 51.2 Å². The zero-order valence-corrected chi connectivity index (χ0v) is 21.0. The molecule has 2 N–H and O–H groups in total. The quantitative estimate of drug-likeness (QED) is 0.293. The molecule has 0 aliphatic carbocycles. The number of aromatic nitrogens is 1. The van der Waals surface area contributed by atoms with Gasteiger partial charge in [-0.3, -0.25) is 0 Å². The molecular weight excluding hydrogens is 503 g/mol. The summed E-state index contributed by atoms with van der Waals surface area (Å²) in [5.41, 5.74) is 1.04. The second-order valence-corrected chi connectivity index (χ2v) is 9.73. The molecule has 1 atom stereocenters. The maximum absolute atomic E-state index is 11.3. The highest BCUT2D eigenvalue weighted by Crippen LogP contribution is 2.14. The van der Waals surface area contributed by atoms with Crippen LogP contribution in [0.1, 0.15) is 25.8 Å². The van der Waals surface area contributed by atoms with Crippen molar-refractivity contribution in [2.75, 3.05) is 56.7 Å². The highest BCUT2D eigenvalue weighted by Gasteiger charge is 2.15. The molecule has 1 aromatic rings. The normalized spacial score (nSPS) is 16.8. The predicted molar refractivity (Wildman–Crippen MR) is 131 cm³/mol. The van der Waals surface area contributed by atoms with Crippen LogP contribution in [0.2, 0.25) is 0 Å². The average molecular weight is 539 g/mol. The number of piperazine rings is 1. The molecule has 2 rings (SSSR count). The Morgan fingerprint density at radius 2 is 1.97 bits per heavy atom. The number of nitrogens with zero attached hydrogens (tertiary/aromatic N) is 4. The van der Waals surface area contributed by atoms with Gasteiger partial charge < -0.3 is 20.4 Å². The van der Waals surface area contributed by atoms with Crippen molar-refractivity contribution in [1.29, 1.82) is 0 Å². The van der Waals surface area contributed by atoms with Gasteiger partial charge in [-0.05, 0) is 38.9 Å². The van der Waals surface area contributed by atoms with Crippen LogP contribution in [0, 0.1) is 0 Å². The molecule has 1 aliphatic heterocycles. The number of pyridine rings is 1. The maximum atomic E-state index is 11.3. The second kappa shape index (κ2) is 12.5. The Morgan fingerprint density at radius 3 is 2.52 bits per heavy atom. The zero-order valence-electron chi connectivity index (χ0n) is 17.9. The number of hydrogen-bond donors (Lipinski definition) is 2. The summed E-state index contributed by atoms with van der Waals surface area (Å²) in [5.74, 6) is 1.87. The van der Waals surface area contributed by atoms with Gasteiger partial charge in [-0.15, -0.1) is 24.0 Å². The first-order chi connectivity index (χ1) is 13.3. The molecule has 2 heterocycles. The van der Waals surface area contributed by atoms with Crippen LogP contribution in [0.5, 0.6) is 0 Å². The van der Waals surface area contributed by atoms with E-state index in [-0.39, 0.29) is 35.8 Å². The Hall–Kier alpha value is -1.14. The molecule has 1 saturated heterocycles. The molecule has 0 saturated carbocycles. The molecule has 8 nitrogen and oxygen atoms in total. The minimum atomic E-state index is -2.95. The molecule has 0 bridgehead atoms. The third-order valence-electron chi connectivity index (χ3n) is 4.71. The van der Waals surface area contributed by atoms with Gasteiger partial charge in [-0.1, -0.05) is 6.07 Å². The lowest BCUT2D eigenvalue weighted by Gasteiger charge is -2.33. The van der Waals surface area contributed by atoms with E-state index in [1.807, 2.05) is 20.0 Å².